The minimum Gasteiger partial charge on any atom is -0.480 e. The summed E-state index contributed by atoms with van der Waals surface area (Å²) in [6.07, 6.45) is 3.06. The smallest absolute Gasteiger partial charge is 0.420 e. The molecule has 3 aromatic rings. The van der Waals surface area contributed by atoms with Crippen molar-refractivity contribution in [3.63, 3.8) is 0 Å². The van der Waals surface area contributed by atoms with E-state index < -0.39 is 11.7 Å². The number of H-pyrrole nitrogens is 1. The second-order valence-corrected chi connectivity index (χ2v) is 6.86. The van der Waals surface area contributed by atoms with E-state index >= 15 is 0 Å². The summed E-state index contributed by atoms with van der Waals surface area (Å²) in [7, 11) is 1.45. The van der Waals surface area contributed by atoms with Crippen LogP contribution in [0, 0.1) is 0 Å². The Morgan fingerprint density at radius 1 is 1.24 bits per heavy atom. The zero-order chi connectivity index (χ0) is 20.4. The van der Waals surface area contributed by atoms with Crippen LogP contribution in [0.2, 0.25) is 0 Å². The molecule has 10 heteroatoms. The Kier molecular flexibility index (Phi) is 5.07. The van der Waals surface area contributed by atoms with E-state index in [1.54, 1.807) is 23.1 Å². The van der Waals surface area contributed by atoms with Crippen LogP contribution in [0.15, 0.2) is 33.5 Å². The number of likely N-dealkylation sites (tertiary alicyclic amines) is 1. The van der Waals surface area contributed by atoms with Crippen LogP contribution in [-0.4, -0.2) is 51.7 Å². The normalized spacial score (nSPS) is 14.2. The third kappa shape index (κ3) is 3.86. The summed E-state index contributed by atoms with van der Waals surface area (Å²) >= 11 is 0. The summed E-state index contributed by atoms with van der Waals surface area (Å²) < 4.78 is 11.5. The highest BCUT2D eigenvalue weighted by molar-refractivity contribution is 6.03. The van der Waals surface area contributed by atoms with E-state index in [4.69, 9.17) is 9.15 Å². The number of anilines is 1. The Bertz CT molecular complexity index is 1110. The number of carbonyl (C=O) groups excluding carboxylic acids is 2. The Morgan fingerprint density at radius 2 is 2.03 bits per heavy atom. The summed E-state index contributed by atoms with van der Waals surface area (Å²) in [5.74, 6) is -0.840. The summed E-state index contributed by atoms with van der Waals surface area (Å²) in [6.45, 7) is 1.32. The number of carbonyl (C=O) groups is 2. The standard InChI is InChI=1S/C19H21N5O5/c1-28-16-10-13(21-22-16)18(26)20-12-5-6-15-14(9-12)24(19(27)29-15)11-17(25)23-7-3-2-4-8-23/h5-6,9-10H,2-4,7-8,11H2,1H3,(H,20,26)(H,21,22). The molecule has 0 bridgehead atoms. The van der Waals surface area contributed by atoms with Gasteiger partial charge in [0.05, 0.1) is 12.6 Å². The summed E-state index contributed by atoms with van der Waals surface area (Å²) in [6, 6.07) is 6.28. The van der Waals surface area contributed by atoms with Crippen molar-refractivity contribution in [1.29, 1.82) is 0 Å². The van der Waals surface area contributed by atoms with Crippen LogP contribution < -0.4 is 15.8 Å². The van der Waals surface area contributed by atoms with Crippen LogP contribution in [0.5, 0.6) is 5.88 Å². The van der Waals surface area contributed by atoms with Gasteiger partial charge >= 0.3 is 5.76 Å². The van der Waals surface area contributed by atoms with Crippen LogP contribution >= 0.6 is 0 Å². The molecule has 1 aliphatic rings. The molecule has 1 aromatic carbocycles. The molecule has 2 amide bonds. The molecule has 2 aromatic heterocycles. The number of hydrogen-bond acceptors (Lipinski definition) is 6. The predicted molar refractivity (Wildman–Crippen MR) is 104 cm³/mol. The maximum Gasteiger partial charge on any atom is 0.420 e. The van der Waals surface area contributed by atoms with E-state index in [-0.39, 0.29) is 18.1 Å². The van der Waals surface area contributed by atoms with Crippen LogP contribution in [-0.2, 0) is 11.3 Å². The van der Waals surface area contributed by atoms with Gasteiger partial charge in [0.2, 0.25) is 11.8 Å². The zero-order valence-electron chi connectivity index (χ0n) is 15.9. The van der Waals surface area contributed by atoms with Gasteiger partial charge in [0.1, 0.15) is 12.2 Å². The Balaban J connectivity index is 1.56. The highest BCUT2D eigenvalue weighted by Crippen LogP contribution is 2.20. The number of nitrogens with one attached hydrogen (secondary N) is 2. The van der Waals surface area contributed by atoms with Gasteiger partial charge in [-0.25, -0.2) is 4.79 Å². The van der Waals surface area contributed by atoms with Gasteiger partial charge in [-0.05, 0) is 37.5 Å². The van der Waals surface area contributed by atoms with E-state index in [9.17, 15) is 14.4 Å². The van der Waals surface area contributed by atoms with E-state index in [1.165, 1.54) is 17.7 Å². The largest absolute Gasteiger partial charge is 0.480 e. The lowest BCUT2D eigenvalue weighted by Crippen LogP contribution is -2.39. The number of oxazole rings is 1. The minimum atomic E-state index is -0.604. The van der Waals surface area contributed by atoms with Gasteiger partial charge in [-0.15, -0.1) is 5.10 Å². The average Bonchev–Trinajstić information content (AvgIpc) is 3.34. The van der Waals surface area contributed by atoms with Gasteiger partial charge in [-0.1, -0.05) is 0 Å². The molecule has 0 unspecified atom stereocenters. The van der Waals surface area contributed by atoms with Crippen molar-refractivity contribution in [2.75, 3.05) is 25.5 Å². The van der Waals surface area contributed by atoms with Gasteiger partial charge in [0, 0.05) is 24.8 Å². The van der Waals surface area contributed by atoms with Gasteiger partial charge in [0.25, 0.3) is 5.91 Å². The van der Waals surface area contributed by atoms with Crippen LogP contribution in [0.25, 0.3) is 11.1 Å². The van der Waals surface area contributed by atoms with Crippen molar-refractivity contribution < 1.29 is 18.7 Å². The summed E-state index contributed by atoms with van der Waals surface area (Å²) in [4.78, 5) is 39.0. The van der Waals surface area contributed by atoms with Gasteiger partial charge < -0.3 is 19.4 Å². The summed E-state index contributed by atoms with van der Waals surface area (Å²) in [5, 5.41) is 9.13. The third-order valence-electron chi connectivity index (χ3n) is 4.94. The number of piperidine rings is 1. The number of aromatic amines is 1. The van der Waals surface area contributed by atoms with Gasteiger partial charge in [0.15, 0.2) is 5.58 Å². The fraction of sp³-hybridized carbons (Fsp3) is 0.368. The van der Waals surface area contributed by atoms with Crippen molar-refractivity contribution in [3.8, 4) is 5.88 Å². The average molecular weight is 399 g/mol. The third-order valence-corrected chi connectivity index (χ3v) is 4.94. The van der Waals surface area contributed by atoms with Crippen molar-refractivity contribution in [1.82, 2.24) is 19.7 Å². The molecule has 1 saturated heterocycles. The Morgan fingerprint density at radius 3 is 2.76 bits per heavy atom. The molecule has 2 N–H and O–H groups in total. The Hall–Kier alpha value is -3.56. The first-order valence-electron chi connectivity index (χ1n) is 9.37. The maximum atomic E-state index is 12.6. The molecule has 3 heterocycles. The van der Waals surface area contributed by atoms with Gasteiger partial charge in [-0.2, -0.15) is 0 Å². The van der Waals surface area contributed by atoms with Crippen molar-refractivity contribution >= 4 is 28.6 Å². The molecule has 0 saturated carbocycles. The lowest BCUT2D eigenvalue weighted by molar-refractivity contribution is -0.132. The van der Waals surface area contributed by atoms with Crippen LogP contribution in [0.1, 0.15) is 29.8 Å². The second-order valence-electron chi connectivity index (χ2n) is 6.86. The van der Waals surface area contributed by atoms with E-state index in [2.05, 4.69) is 15.5 Å². The number of fused-ring (bicyclic) bond motifs is 1. The highest BCUT2D eigenvalue weighted by Gasteiger charge is 2.20. The molecule has 1 fully saturated rings. The number of amides is 2. The molecule has 29 heavy (non-hydrogen) atoms. The van der Waals surface area contributed by atoms with Gasteiger partial charge in [-0.3, -0.25) is 19.3 Å². The number of rotatable bonds is 5. The molecule has 4 rings (SSSR count). The minimum absolute atomic E-state index is 0.0962. The van der Waals surface area contributed by atoms with E-state index in [0.29, 0.717) is 35.8 Å². The first-order chi connectivity index (χ1) is 14.0. The second kappa shape index (κ2) is 7.82. The number of methoxy groups -OCH3 is 1. The van der Waals surface area contributed by atoms with Crippen molar-refractivity contribution in [2.45, 2.75) is 25.8 Å². The SMILES string of the molecule is COc1cc(C(=O)Nc2ccc3oc(=O)n(CC(=O)N4CCCCC4)c3c2)[nH]n1. The lowest BCUT2D eigenvalue weighted by atomic mass is 10.1. The fourth-order valence-electron chi connectivity index (χ4n) is 3.39. The maximum absolute atomic E-state index is 12.6. The number of nitrogens with zero attached hydrogens (tertiary/aromatic N) is 3. The number of benzene rings is 1. The molecular weight excluding hydrogens is 378 g/mol. The fourth-order valence-corrected chi connectivity index (χ4v) is 3.39. The monoisotopic (exact) mass is 399 g/mol. The molecule has 0 aliphatic carbocycles. The van der Waals surface area contributed by atoms with E-state index in [1.807, 2.05) is 0 Å². The molecule has 0 radical (unpaired) electrons. The lowest BCUT2D eigenvalue weighted by Gasteiger charge is -2.26. The molecule has 0 atom stereocenters. The topological polar surface area (TPSA) is 122 Å². The van der Waals surface area contributed by atoms with Crippen molar-refractivity contribution in [3.05, 3.63) is 40.5 Å². The number of aromatic nitrogens is 3. The molecule has 10 nitrogen and oxygen atoms in total. The van der Waals surface area contributed by atoms with Crippen LogP contribution in [0.3, 0.4) is 0 Å². The number of ether oxygens (including phenoxy) is 1. The molecule has 1 aliphatic heterocycles. The molecule has 0 spiro atoms. The highest BCUT2D eigenvalue weighted by atomic mass is 16.5. The molecular formula is C19H21N5O5. The zero-order valence-corrected chi connectivity index (χ0v) is 15.9. The first-order valence-corrected chi connectivity index (χ1v) is 9.37. The molecule has 152 valence electrons. The quantitative estimate of drug-likeness (QED) is 0.672. The first kappa shape index (κ1) is 18.8. The number of hydrogen-bond donors (Lipinski definition) is 2. The Labute approximate surface area is 165 Å². The summed E-state index contributed by atoms with van der Waals surface area (Å²) in [5.41, 5.74) is 1.48. The van der Waals surface area contributed by atoms with Crippen LogP contribution in [0.4, 0.5) is 5.69 Å². The van der Waals surface area contributed by atoms with E-state index in [0.717, 1.165) is 19.3 Å². The predicted octanol–water partition coefficient (Wildman–Crippen LogP) is 1.59. The van der Waals surface area contributed by atoms with Crippen molar-refractivity contribution in [2.24, 2.45) is 0 Å².